The first-order valence-corrected chi connectivity index (χ1v) is 11.3. The van der Waals surface area contributed by atoms with E-state index in [0.29, 0.717) is 5.95 Å². The molecule has 4 heterocycles. The SMILES string of the molecule is CCN1CCN(c2nc(-n3nc(C)cc3C)nc3sc4c(c23)CCCC4)CC1. The second-order valence-electron chi connectivity index (χ2n) is 8.00. The van der Waals surface area contributed by atoms with Crippen LogP contribution in [0.4, 0.5) is 5.82 Å². The smallest absolute Gasteiger partial charge is 0.254 e. The third kappa shape index (κ3) is 3.01. The Morgan fingerprint density at radius 1 is 1.04 bits per heavy atom. The van der Waals surface area contributed by atoms with Crippen LogP contribution in [0.5, 0.6) is 0 Å². The number of fused-ring (bicyclic) bond motifs is 3. The molecule has 0 radical (unpaired) electrons. The van der Waals surface area contributed by atoms with Gasteiger partial charge in [-0.3, -0.25) is 0 Å². The van der Waals surface area contributed by atoms with Crippen LogP contribution in [0.15, 0.2) is 6.07 Å². The Morgan fingerprint density at radius 3 is 2.54 bits per heavy atom. The van der Waals surface area contributed by atoms with E-state index >= 15 is 0 Å². The Hall–Kier alpha value is -1.99. The van der Waals surface area contributed by atoms with E-state index in [2.05, 4.69) is 34.8 Å². The monoisotopic (exact) mass is 396 g/mol. The lowest BCUT2D eigenvalue weighted by atomic mass is 9.97. The van der Waals surface area contributed by atoms with Crippen molar-refractivity contribution in [3.05, 3.63) is 27.9 Å². The molecule has 0 spiro atoms. The van der Waals surface area contributed by atoms with Gasteiger partial charge in [0.2, 0.25) is 0 Å². The summed E-state index contributed by atoms with van der Waals surface area (Å²) in [6.07, 6.45) is 4.93. The zero-order chi connectivity index (χ0) is 19.3. The molecule has 0 amide bonds. The summed E-state index contributed by atoms with van der Waals surface area (Å²) in [6, 6.07) is 2.09. The summed E-state index contributed by atoms with van der Waals surface area (Å²) in [7, 11) is 0. The fourth-order valence-corrected chi connectivity index (χ4v) is 5.81. The van der Waals surface area contributed by atoms with Gasteiger partial charge in [-0.25, -0.2) is 4.68 Å². The van der Waals surface area contributed by atoms with Crippen molar-refractivity contribution in [2.45, 2.75) is 46.5 Å². The number of rotatable bonds is 3. The Balaban J connectivity index is 1.67. The second-order valence-corrected chi connectivity index (χ2v) is 9.08. The van der Waals surface area contributed by atoms with E-state index in [1.165, 1.54) is 41.5 Å². The molecule has 0 saturated carbocycles. The number of nitrogens with zero attached hydrogens (tertiary/aromatic N) is 6. The molecule has 3 aromatic heterocycles. The molecule has 1 saturated heterocycles. The van der Waals surface area contributed by atoms with Crippen LogP contribution in [0.1, 0.15) is 41.6 Å². The maximum atomic E-state index is 5.10. The normalized spacial score (nSPS) is 18.0. The average Bonchev–Trinajstić information content (AvgIpc) is 3.26. The average molecular weight is 397 g/mol. The van der Waals surface area contributed by atoms with Crippen molar-refractivity contribution in [1.82, 2.24) is 24.6 Å². The van der Waals surface area contributed by atoms with Gasteiger partial charge < -0.3 is 9.80 Å². The van der Waals surface area contributed by atoms with Crippen molar-refractivity contribution in [3.63, 3.8) is 0 Å². The van der Waals surface area contributed by atoms with Gasteiger partial charge in [-0.2, -0.15) is 15.1 Å². The van der Waals surface area contributed by atoms with Crippen molar-refractivity contribution < 1.29 is 0 Å². The van der Waals surface area contributed by atoms with Crippen molar-refractivity contribution in [1.29, 1.82) is 0 Å². The highest BCUT2D eigenvalue weighted by molar-refractivity contribution is 7.19. The topological polar surface area (TPSA) is 50.1 Å². The number of piperazine rings is 1. The van der Waals surface area contributed by atoms with Gasteiger partial charge in [0.1, 0.15) is 10.6 Å². The molecule has 2 aliphatic rings. The first kappa shape index (κ1) is 18.1. The van der Waals surface area contributed by atoms with Crippen molar-refractivity contribution in [2.75, 3.05) is 37.6 Å². The van der Waals surface area contributed by atoms with Gasteiger partial charge >= 0.3 is 0 Å². The standard InChI is InChI=1S/C21H28N6S/c1-4-25-9-11-26(12-10-25)19-18-16-7-5-6-8-17(16)28-20(18)23-21(22-19)27-15(3)13-14(2)24-27/h13H,4-12H2,1-3H3. The summed E-state index contributed by atoms with van der Waals surface area (Å²) in [5, 5.41) is 5.97. The maximum Gasteiger partial charge on any atom is 0.254 e. The van der Waals surface area contributed by atoms with Gasteiger partial charge in [-0.15, -0.1) is 11.3 Å². The van der Waals surface area contributed by atoms with E-state index in [9.17, 15) is 0 Å². The van der Waals surface area contributed by atoms with Crippen LogP contribution in [-0.4, -0.2) is 57.4 Å². The van der Waals surface area contributed by atoms with Gasteiger partial charge in [0.05, 0.1) is 11.1 Å². The van der Waals surface area contributed by atoms with Gasteiger partial charge in [-0.05, 0) is 57.7 Å². The largest absolute Gasteiger partial charge is 0.353 e. The highest BCUT2D eigenvalue weighted by Gasteiger charge is 2.26. The summed E-state index contributed by atoms with van der Waals surface area (Å²) in [5.41, 5.74) is 3.60. The molecule has 7 heteroatoms. The minimum Gasteiger partial charge on any atom is -0.353 e. The fourth-order valence-electron chi connectivity index (χ4n) is 4.56. The molecule has 0 bridgehead atoms. The van der Waals surface area contributed by atoms with E-state index in [-0.39, 0.29) is 0 Å². The highest BCUT2D eigenvalue weighted by atomic mass is 32.1. The molecular formula is C21H28N6S. The molecule has 28 heavy (non-hydrogen) atoms. The molecule has 3 aromatic rings. The zero-order valence-electron chi connectivity index (χ0n) is 17.0. The Bertz CT molecular complexity index is 1010. The summed E-state index contributed by atoms with van der Waals surface area (Å²) in [6.45, 7) is 11.7. The lowest BCUT2D eigenvalue weighted by Crippen LogP contribution is -2.46. The van der Waals surface area contributed by atoms with Crippen LogP contribution in [0.2, 0.25) is 0 Å². The van der Waals surface area contributed by atoms with Crippen molar-refractivity contribution in [2.24, 2.45) is 0 Å². The predicted molar refractivity (Wildman–Crippen MR) is 115 cm³/mol. The van der Waals surface area contributed by atoms with Crippen LogP contribution in [-0.2, 0) is 12.8 Å². The van der Waals surface area contributed by atoms with Crippen LogP contribution < -0.4 is 4.90 Å². The van der Waals surface area contributed by atoms with E-state index in [0.717, 1.165) is 54.8 Å². The Morgan fingerprint density at radius 2 is 1.82 bits per heavy atom. The van der Waals surface area contributed by atoms with E-state index in [1.807, 2.05) is 22.9 Å². The molecule has 1 fully saturated rings. The van der Waals surface area contributed by atoms with Gasteiger partial charge in [-0.1, -0.05) is 6.92 Å². The van der Waals surface area contributed by atoms with E-state index in [4.69, 9.17) is 9.97 Å². The molecule has 0 N–H and O–H groups in total. The maximum absolute atomic E-state index is 5.10. The van der Waals surface area contributed by atoms with Crippen LogP contribution >= 0.6 is 11.3 Å². The summed E-state index contributed by atoms with van der Waals surface area (Å²) in [5.74, 6) is 1.84. The Labute approximate surface area is 170 Å². The van der Waals surface area contributed by atoms with Crippen molar-refractivity contribution >= 4 is 27.4 Å². The summed E-state index contributed by atoms with van der Waals surface area (Å²) >= 11 is 1.88. The number of aryl methyl sites for hydroxylation is 4. The molecule has 148 valence electrons. The van der Waals surface area contributed by atoms with Gasteiger partial charge in [0.25, 0.3) is 5.95 Å². The molecular weight excluding hydrogens is 368 g/mol. The number of aromatic nitrogens is 4. The Kier molecular flexibility index (Phi) is 4.59. The minimum absolute atomic E-state index is 0.713. The molecule has 1 aliphatic carbocycles. The second kappa shape index (κ2) is 7.12. The molecule has 0 atom stereocenters. The predicted octanol–water partition coefficient (Wildman–Crippen LogP) is 3.51. The van der Waals surface area contributed by atoms with E-state index in [1.54, 1.807) is 0 Å². The van der Waals surface area contributed by atoms with Crippen LogP contribution in [0, 0.1) is 13.8 Å². The molecule has 0 unspecified atom stereocenters. The van der Waals surface area contributed by atoms with Gasteiger partial charge in [0.15, 0.2) is 0 Å². The summed E-state index contributed by atoms with van der Waals surface area (Å²) < 4.78 is 1.90. The fraction of sp³-hybridized carbons (Fsp3) is 0.571. The first-order valence-electron chi connectivity index (χ1n) is 10.5. The third-order valence-electron chi connectivity index (χ3n) is 6.10. The molecule has 1 aliphatic heterocycles. The number of hydrogen-bond donors (Lipinski definition) is 0. The quantitative estimate of drug-likeness (QED) is 0.678. The number of hydrogen-bond acceptors (Lipinski definition) is 6. The first-order chi connectivity index (χ1) is 13.6. The van der Waals surface area contributed by atoms with Crippen LogP contribution in [0.3, 0.4) is 0 Å². The number of anilines is 1. The van der Waals surface area contributed by atoms with Crippen molar-refractivity contribution in [3.8, 4) is 5.95 Å². The summed E-state index contributed by atoms with van der Waals surface area (Å²) in [4.78, 5) is 17.7. The van der Waals surface area contributed by atoms with Gasteiger partial charge in [0, 0.05) is 36.8 Å². The minimum atomic E-state index is 0.713. The lowest BCUT2D eigenvalue weighted by molar-refractivity contribution is 0.270. The number of likely N-dealkylation sites (N-methyl/N-ethyl adjacent to an activating group) is 1. The number of thiophene rings is 1. The molecule has 0 aromatic carbocycles. The highest BCUT2D eigenvalue weighted by Crippen LogP contribution is 2.40. The molecule has 6 nitrogen and oxygen atoms in total. The van der Waals surface area contributed by atoms with Crippen LogP contribution in [0.25, 0.3) is 16.2 Å². The molecule has 5 rings (SSSR count). The van der Waals surface area contributed by atoms with E-state index < -0.39 is 0 Å². The third-order valence-corrected chi connectivity index (χ3v) is 7.29. The zero-order valence-corrected chi connectivity index (χ0v) is 17.8. The lowest BCUT2D eigenvalue weighted by Gasteiger charge is -2.35.